The summed E-state index contributed by atoms with van der Waals surface area (Å²) in [5.74, 6) is -0.355. The van der Waals surface area contributed by atoms with Crippen molar-refractivity contribution in [1.29, 1.82) is 0 Å². The Bertz CT molecular complexity index is 1560. The Morgan fingerprint density at radius 2 is 1.92 bits per heavy atom. The molecule has 39 heavy (non-hydrogen) atoms. The normalized spacial score (nSPS) is 18.4. The molecule has 4 heterocycles. The molecule has 0 unspecified atom stereocenters. The van der Waals surface area contributed by atoms with E-state index in [9.17, 15) is 14.4 Å². The van der Waals surface area contributed by atoms with E-state index in [0.717, 1.165) is 48.3 Å². The number of imide groups is 1. The Balaban J connectivity index is 1.17. The molecule has 6 rings (SSSR count). The van der Waals surface area contributed by atoms with Crippen LogP contribution in [0.4, 0.5) is 10.5 Å². The van der Waals surface area contributed by atoms with Crippen LogP contribution in [0, 0.1) is 0 Å². The number of benzene rings is 2. The highest BCUT2D eigenvalue weighted by molar-refractivity contribution is 6.06. The van der Waals surface area contributed by atoms with Gasteiger partial charge in [-0.15, -0.1) is 0 Å². The molecule has 4 amide bonds. The van der Waals surface area contributed by atoms with Crippen molar-refractivity contribution in [3.63, 3.8) is 0 Å². The van der Waals surface area contributed by atoms with Gasteiger partial charge in [0.2, 0.25) is 5.91 Å². The minimum atomic E-state index is -0.490. The second-order valence-corrected chi connectivity index (χ2v) is 10.1. The van der Waals surface area contributed by atoms with Crippen LogP contribution in [0.2, 0.25) is 0 Å². The number of fused-ring (bicyclic) bond motifs is 1. The summed E-state index contributed by atoms with van der Waals surface area (Å²) in [6.45, 7) is 2.93. The van der Waals surface area contributed by atoms with Crippen molar-refractivity contribution in [3.05, 3.63) is 83.8 Å². The van der Waals surface area contributed by atoms with Crippen LogP contribution < -0.4 is 16.0 Å². The van der Waals surface area contributed by atoms with Gasteiger partial charge in [-0.1, -0.05) is 24.3 Å². The number of likely N-dealkylation sites (tertiary alicyclic amines) is 1. The van der Waals surface area contributed by atoms with Crippen molar-refractivity contribution in [2.24, 2.45) is 5.73 Å². The van der Waals surface area contributed by atoms with Crippen LogP contribution in [-0.2, 0) is 11.3 Å². The minimum absolute atomic E-state index is 0.247. The van der Waals surface area contributed by atoms with Crippen molar-refractivity contribution in [2.75, 3.05) is 24.5 Å². The molecule has 198 valence electrons. The lowest BCUT2D eigenvalue weighted by Crippen LogP contribution is -2.50. The number of primary amides is 1. The van der Waals surface area contributed by atoms with Gasteiger partial charge in [0.25, 0.3) is 5.91 Å². The van der Waals surface area contributed by atoms with Gasteiger partial charge < -0.3 is 5.73 Å². The Morgan fingerprint density at radius 1 is 1.08 bits per heavy atom. The SMILES string of the molecule is NC(=O)c1cccc2cn(-c3ccc([C@@H]4CCCN(Cc5ccncc5N5CCC(=O)NC5=O)C4)cc3)nc12. The van der Waals surface area contributed by atoms with Gasteiger partial charge in [0.1, 0.15) is 5.52 Å². The smallest absolute Gasteiger partial charge is 0.328 e. The first kappa shape index (κ1) is 24.7. The van der Waals surface area contributed by atoms with Gasteiger partial charge in [-0.25, -0.2) is 9.48 Å². The summed E-state index contributed by atoms with van der Waals surface area (Å²) >= 11 is 0. The van der Waals surface area contributed by atoms with Crippen LogP contribution >= 0.6 is 0 Å². The second kappa shape index (κ2) is 10.3. The monoisotopic (exact) mass is 523 g/mol. The molecule has 3 N–H and O–H groups in total. The highest BCUT2D eigenvalue weighted by Gasteiger charge is 2.28. The van der Waals surface area contributed by atoms with E-state index < -0.39 is 11.9 Å². The van der Waals surface area contributed by atoms with E-state index in [1.165, 1.54) is 5.56 Å². The van der Waals surface area contributed by atoms with E-state index >= 15 is 0 Å². The summed E-state index contributed by atoms with van der Waals surface area (Å²) in [5, 5.41) is 7.87. The van der Waals surface area contributed by atoms with Gasteiger partial charge in [-0.3, -0.25) is 29.7 Å². The first-order chi connectivity index (χ1) is 19.0. The predicted molar refractivity (Wildman–Crippen MR) is 147 cm³/mol. The molecule has 0 spiro atoms. The maximum atomic E-state index is 12.4. The molecule has 10 nitrogen and oxygen atoms in total. The van der Waals surface area contributed by atoms with Crippen molar-refractivity contribution < 1.29 is 14.4 Å². The number of urea groups is 1. The summed E-state index contributed by atoms with van der Waals surface area (Å²) in [6.07, 6.45) is 7.81. The Labute approximate surface area is 225 Å². The maximum absolute atomic E-state index is 12.4. The number of carbonyl (C=O) groups is 3. The first-order valence-electron chi connectivity index (χ1n) is 13.1. The predicted octanol–water partition coefficient (Wildman–Crippen LogP) is 3.35. The zero-order valence-corrected chi connectivity index (χ0v) is 21.4. The number of anilines is 1. The van der Waals surface area contributed by atoms with E-state index in [1.54, 1.807) is 28.0 Å². The number of aromatic nitrogens is 3. The number of hydrogen-bond donors (Lipinski definition) is 2. The summed E-state index contributed by atoms with van der Waals surface area (Å²) in [6, 6.07) is 15.4. The van der Waals surface area contributed by atoms with Crippen molar-refractivity contribution in [1.82, 2.24) is 25.0 Å². The van der Waals surface area contributed by atoms with Gasteiger partial charge in [0, 0.05) is 43.8 Å². The minimum Gasteiger partial charge on any atom is -0.366 e. The van der Waals surface area contributed by atoms with Crippen LogP contribution in [0.3, 0.4) is 0 Å². The number of nitrogens with two attached hydrogens (primary N) is 1. The lowest BCUT2D eigenvalue weighted by molar-refractivity contribution is -0.120. The van der Waals surface area contributed by atoms with Crippen LogP contribution in [-0.4, -0.2) is 57.1 Å². The van der Waals surface area contributed by atoms with E-state index in [4.69, 9.17) is 5.73 Å². The lowest BCUT2D eigenvalue weighted by atomic mass is 9.90. The zero-order chi connectivity index (χ0) is 26.9. The molecule has 1 atom stereocenters. The van der Waals surface area contributed by atoms with Crippen LogP contribution in [0.5, 0.6) is 0 Å². The number of nitrogens with one attached hydrogen (secondary N) is 1. The molecule has 2 saturated heterocycles. The van der Waals surface area contributed by atoms with Crippen LogP contribution in [0.25, 0.3) is 16.6 Å². The molecular weight excluding hydrogens is 494 g/mol. The molecule has 2 aliphatic rings. The Morgan fingerprint density at radius 3 is 2.72 bits per heavy atom. The highest BCUT2D eigenvalue weighted by atomic mass is 16.2. The van der Waals surface area contributed by atoms with Gasteiger partial charge in [-0.2, -0.15) is 5.10 Å². The Hall–Kier alpha value is -4.57. The molecule has 2 fully saturated rings. The number of hydrogen-bond acceptors (Lipinski definition) is 6. The molecule has 2 aromatic heterocycles. The maximum Gasteiger partial charge on any atom is 0.328 e. The average Bonchev–Trinajstić information content (AvgIpc) is 3.38. The van der Waals surface area contributed by atoms with Gasteiger partial charge >= 0.3 is 6.03 Å². The van der Waals surface area contributed by atoms with E-state index in [-0.39, 0.29) is 12.3 Å². The molecule has 0 aliphatic carbocycles. The third-order valence-corrected chi connectivity index (χ3v) is 7.56. The molecule has 0 saturated carbocycles. The number of amides is 4. The number of pyridine rings is 1. The molecule has 2 aliphatic heterocycles. The fraction of sp³-hybridized carbons (Fsp3) is 0.276. The topological polar surface area (TPSA) is 126 Å². The summed E-state index contributed by atoms with van der Waals surface area (Å²) < 4.78 is 1.78. The molecule has 4 aromatic rings. The zero-order valence-electron chi connectivity index (χ0n) is 21.4. The summed E-state index contributed by atoms with van der Waals surface area (Å²) in [7, 11) is 0. The van der Waals surface area contributed by atoms with Gasteiger partial charge in [-0.05, 0) is 60.7 Å². The van der Waals surface area contributed by atoms with Crippen molar-refractivity contribution in [3.8, 4) is 5.69 Å². The third-order valence-electron chi connectivity index (χ3n) is 7.56. The average molecular weight is 524 g/mol. The summed E-state index contributed by atoms with van der Waals surface area (Å²) in [4.78, 5) is 44.1. The largest absolute Gasteiger partial charge is 0.366 e. The van der Waals surface area contributed by atoms with Crippen LogP contribution in [0.1, 0.15) is 46.7 Å². The number of rotatable bonds is 6. The first-order valence-corrected chi connectivity index (χ1v) is 13.1. The molecular formula is C29H29N7O3. The van der Waals surface area contributed by atoms with Gasteiger partial charge in [0.05, 0.1) is 23.1 Å². The van der Waals surface area contributed by atoms with Crippen LogP contribution in [0.15, 0.2) is 67.1 Å². The standard InChI is InChI=1S/C29H29N7O3/c30-28(38)24-5-1-3-22-18-36(33-27(22)24)23-8-6-19(7-9-23)20-4-2-13-34(16-20)17-21-10-12-31-15-25(21)35-14-11-26(37)32-29(35)39/h1,3,5-10,12,15,18,20H,2,4,11,13-14,16-17H2,(H2,30,38)(H,32,37,39)/t20-/m1/s1. The Kier molecular flexibility index (Phi) is 6.54. The van der Waals surface area contributed by atoms with E-state index in [0.29, 0.717) is 30.1 Å². The highest BCUT2D eigenvalue weighted by Crippen LogP contribution is 2.30. The number of piperidine rings is 1. The number of carbonyl (C=O) groups excluding carboxylic acids is 3. The molecule has 2 aromatic carbocycles. The molecule has 0 bridgehead atoms. The fourth-order valence-electron chi connectivity index (χ4n) is 5.57. The lowest BCUT2D eigenvalue weighted by Gasteiger charge is -2.34. The van der Waals surface area contributed by atoms with E-state index in [1.807, 2.05) is 24.4 Å². The van der Waals surface area contributed by atoms with Crippen molar-refractivity contribution in [2.45, 2.75) is 31.7 Å². The summed E-state index contributed by atoms with van der Waals surface area (Å²) in [5.41, 5.74) is 10.5. The number of nitrogens with zero attached hydrogens (tertiary/aromatic N) is 5. The van der Waals surface area contributed by atoms with E-state index in [2.05, 4.69) is 44.6 Å². The fourth-order valence-corrected chi connectivity index (χ4v) is 5.57. The van der Waals surface area contributed by atoms with Crippen molar-refractivity contribution >= 4 is 34.4 Å². The van der Waals surface area contributed by atoms with Gasteiger partial charge in [0.15, 0.2) is 0 Å². The third kappa shape index (κ3) is 4.98. The quantitative estimate of drug-likeness (QED) is 0.399. The molecule has 0 radical (unpaired) electrons. The second-order valence-electron chi connectivity index (χ2n) is 10.1. The molecule has 10 heteroatoms.